The first kappa shape index (κ1) is 26.7. The fraction of sp³-hybridized carbons (Fsp3) is 0.538. The van der Waals surface area contributed by atoms with E-state index in [-0.39, 0.29) is 5.91 Å². The number of aryl methyl sites for hydroxylation is 1. The molecule has 1 amide bonds. The number of rotatable bonds is 7. The quantitative estimate of drug-likeness (QED) is 0.419. The van der Waals surface area contributed by atoms with Crippen molar-refractivity contribution in [1.82, 2.24) is 14.9 Å². The van der Waals surface area contributed by atoms with Gasteiger partial charge in [-0.25, -0.2) is 14.8 Å². The van der Waals surface area contributed by atoms with Crippen LogP contribution in [0, 0.1) is 12.8 Å². The first-order valence-corrected chi connectivity index (χ1v) is 12.5. The highest BCUT2D eigenvalue weighted by Gasteiger charge is 2.28. The van der Waals surface area contributed by atoms with Crippen molar-refractivity contribution >= 4 is 35.0 Å². The number of likely N-dealkylation sites (tertiary alicyclic amines) is 1. The molecule has 0 spiro atoms. The summed E-state index contributed by atoms with van der Waals surface area (Å²) in [7, 11) is 0. The normalized spacial score (nSPS) is 15.5. The lowest BCUT2D eigenvalue weighted by atomic mass is 9.90. The Morgan fingerprint density at radius 2 is 1.89 bits per heavy atom. The number of nitrogens with two attached hydrogens (primary N) is 1. The van der Waals surface area contributed by atoms with E-state index in [1.807, 2.05) is 38.7 Å². The van der Waals surface area contributed by atoms with Crippen LogP contribution in [-0.2, 0) is 16.0 Å². The van der Waals surface area contributed by atoms with Crippen LogP contribution in [0.3, 0.4) is 0 Å². The molecule has 1 aliphatic rings. The summed E-state index contributed by atoms with van der Waals surface area (Å²) in [6.07, 6.45) is 3.48. The fourth-order valence-corrected chi connectivity index (χ4v) is 4.61. The van der Waals surface area contributed by atoms with Crippen LogP contribution in [0.2, 0.25) is 5.15 Å². The lowest BCUT2D eigenvalue weighted by Crippen LogP contribution is -2.45. The molecule has 9 heteroatoms. The zero-order valence-electron chi connectivity index (χ0n) is 21.2. The molecular formula is C26H36ClN5O3. The van der Waals surface area contributed by atoms with Crippen LogP contribution in [-0.4, -0.2) is 51.5 Å². The summed E-state index contributed by atoms with van der Waals surface area (Å²) in [5, 5.41) is 3.64. The highest BCUT2D eigenvalue weighted by atomic mass is 35.5. The number of ether oxygens (including phenoxy) is 1. The third kappa shape index (κ3) is 7.31. The number of hydrogen-bond acceptors (Lipinski definition) is 7. The van der Waals surface area contributed by atoms with E-state index < -0.39 is 17.6 Å². The maximum absolute atomic E-state index is 13.1. The maximum Gasteiger partial charge on any atom is 0.340 e. The first-order chi connectivity index (χ1) is 16.4. The molecule has 0 aliphatic carbocycles. The van der Waals surface area contributed by atoms with Crippen LogP contribution in [0.25, 0.3) is 0 Å². The molecule has 8 nitrogen and oxygen atoms in total. The molecule has 3 rings (SSSR count). The van der Waals surface area contributed by atoms with Crippen LogP contribution in [0.4, 0.5) is 11.5 Å². The fourth-order valence-electron chi connectivity index (χ4n) is 4.29. The second-order valence-corrected chi connectivity index (χ2v) is 10.5. The van der Waals surface area contributed by atoms with Crippen LogP contribution >= 0.6 is 11.6 Å². The van der Waals surface area contributed by atoms with E-state index in [4.69, 9.17) is 22.1 Å². The second kappa shape index (κ2) is 11.2. The number of piperidine rings is 1. The number of para-hydroxylation sites is 1. The SMILES string of the molecule is Cc1nc(N)c(CCC2CCN(C(=O)[C@H](C)Nc3ccccc3C(=O)OC(C)(C)C)CC2)c(Cl)n1. The van der Waals surface area contributed by atoms with E-state index in [1.165, 1.54) is 0 Å². The van der Waals surface area contributed by atoms with Gasteiger partial charge in [0.1, 0.15) is 28.4 Å². The van der Waals surface area contributed by atoms with E-state index in [0.29, 0.717) is 47.1 Å². The Kier molecular flexibility index (Phi) is 8.59. The molecule has 0 saturated carbocycles. The number of hydrogen-bond donors (Lipinski definition) is 2. The number of nitrogen functional groups attached to an aromatic ring is 1. The smallest absolute Gasteiger partial charge is 0.340 e. The van der Waals surface area contributed by atoms with Crippen molar-refractivity contribution in [2.24, 2.45) is 5.92 Å². The predicted molar refractivity (Wildman–Crippen MR) is 139 cm³/mol. The zero-order chi connectivity index (χ0) is 25.8. The molecule has 35 heavy (non-hydrogen) atoms. The molecule has 190 valence electrons. The molecule has 0 radical (unpaired) electrons. The van der Waals surface area contributed by atoms with Crippen molar-refractivity contribution in [3.8, 4) is 0 Å². The summed E-state index contributed by atoms with van der Waals surface area (Å²) in [6.45, 7) is 10.5. The Labute approximate surface area is 212 Å². The third-order valence-electron chi connectivity index (χ3n) is 6.12. The second-order valence-electron chi connectivity index (χ2n) is 10.1. The molecule has 2 heterocycles. The summed E-state index contributed by atoms with van der Waals surface area (Å²) in [4.78, 5) is 36.0. The molecule has 1 fully saturated rings. The minimum Gasteiger partial charge on any atom is -0.456 e. The van der Waals surface area contributed by atoms with Gasteiger partial charge >= 0.3 is 5.97 Å². The highest BCUT2D eigenvalue weighted by Crippen LogP contribution is 2.27. The van der Waals surface area contributed by atoms with Crippen LogP contribution < -0.4 is 11.1 Å². The van der Waals surface area contributed by atoms with Crippen molar-refractivity contribution in [2.75, 3.05) is 24.1 Å². The monoisotopic (exact) mass is 501 g/mol. The molecular weight excluding hydrogens is 466 g/mol. The number of nitrogens with one attached hydrogen (secondary N) is 1. The van der Waals surface area contributed by atoms with Gasteiger partial charge in [-0.1, -0.05) is 23.7 Å². The average molecular weight is 502 g/mol. The van der Waals surface area contributed by atoms with E-state index >= 15 is 0 Å². The van der Waals surface area contributed by atoms with Crippen LogP contribution in [0.5, 0.6) is 0 Å². The van der Waals surface area contributed by atoms with Gasteiger partial charge in [0.05, 0.1) is 5.56 Å². The van der Waals surface area contributed by atoms with E-state index in [0.717, 1.165) is 31.2 Å². The number of halogens is 1. The Morgan fingerprint density at radius 3 is 2.51 bits per heavy atom. The van der Waals surface area contributed by atoms with Gasteiger partial charge in [0.15, 0.2) is 0 Å². The van der Waals surface area contributed by atoms with E-state index in [2.05, 4.69) is 15.3 Å². The Hall–Kier alpha value is -2.87. The molecule has 3 N–H and O–H groups in total. The molecule has 1 saturated heterocycles. The number of carbonyl (C=O) groups is 2. The average Bonchev–Trinajstić information content (AvgIpc) is 2.77. The number of anilines is 2. The Morgan fingerprint density at radius 1 is 1.23 bits per heavy atom. The largest absolute Gasteiger partial charge is 0.456 e. The minimum absolute atomic E-state index is 0.0154. The lowest BCUT2D eigenvalue weighted by Gasteiger charge is -2.34. The van der Waals surface area contributed by atoms with Crippen molar-refractivity contribution in [2.45, 2.75) is 71.9 Å². The van der Waals surface area contributed by atoms with Crippen LogP contribution in [0.1, 0.15) is 68.7 Å². The Bertz CT molecular complexity index is 1040. The lowest BCUT2D eigenvalue weighted by molar-refractivity contribution is -0.133. The molecule has 0 bridgehead atoms. The maximum atomic E-state index is 13.1. The predicted octanol–water partition coefficient (Wildman–Crippen LogP) is 4.65. The summed E-state index contributed by atoms with van der Waals surface area (Å²) >= 11 is 6.26. The Balaban J connectivity index is 1.53. The molecule has 0 unspecified atom stereocenters. The minimum atomic E-state index is -0.598. The standard InChI is InChI=1S/C26H36ClN5O3/c1-16(29-21-9-7-6-8-19(21)25(34)35-26(3,4)5)24(33)32-14-12-18(13-15-32)10-11-20-22(27)30-17(2)31-23(20)28/h6-9,16,18,29H,10-15H2,1-5H3,(H2,28,30,31)/t16-/m0/s1. The number of benzene rings is 1. The first-order valence-electron chi connectivity index (χ1n) is 12.1. The number of esters is 1. The summed E-state index contributed by atoms with van der Waals surface area (Å²) in [6, 6.07) is 6.64. The highest BCUT2D eigenvalue weighted by molar-refractivity contribution is 6.30. The summed E-state index contributed by atoms with van der Waals surface area (Å²) in [5.41, 5.74) is 7.24. The molecule has 1 aliphatic heterocycles. The molecule has 1 aromatic carbocycles. The van der Waals surface area contributed by atoms with Gasteiger partial charge in [0.25, 0.3) is 0 Å². The summed E-state index contributed by atoms with van der Waals surface area (Å²) in [5.74, 6) is 1.09. The number of nitrogens with zero attached hydrogens (tertiary/aromatic N) is 3. The van der Waals surface area contributed by atoms with Gasteiger partial charge in [0, 0.05) is 24.3 Å². The van der Waals surface area contributed by atoms with E-state index in [1.54, 1.807) is 25.1 Å². The topological polar surface area (TPSA) is 110 Å². The van der Waals surface area contributed by atoms with Crippen molar-refractivity contribution in [3.63, 3.8) is 0 Å². The zero-order valence-corrected chi connectivity index (χ0v) is 22.0. The van der Waals surface area contributed by atoms with Crippen molar-refractivity contribution in [3.05, 3.63) is 46.4 Å². The van der Waals surface area contributed by atoms with Gasteiger partial charge in [-0.05, 0) is 78.4 Å². The van der Waals surface area contributed by atoms with Gasteiger partial charge in [0.2, 0.25) is 5.91 Å². The summed E-state index contributed by atoms with van der Waals surface area (Å²) < 4.78 is 5.51. The number of amides is 1. The van der Waals surface area contributed by atoms with E-state index in [9.17, 15) is 9.59 Å². The van der Waals surface area contributed by atoms with Crippen LogP contribution in [0.15, 0.2) is 24.3 Å². The number of carbonyl (C=O) groups excluding carboxylic acids is 2. The molecule has 1 aromatic heterocycles. The van der Waals surface area contributed by atoms with Gasteiger partial charge in [-0.2, -0.15) is 0 Å². The van der Waals surface area contributed by atoms with Gasteiger partial charge in [-0.3, -0.25) is 4.79 Å². The third-order valence-corrected chi connectivity index (χ3v) is 6.43. The van der Waals surface area contributed by atoms with Crippen molar-refractivity contribution < 1.29 is 14.3 Å². The number of aromatic nitrogens is 2. The van der Waals surface area contributed by atoms with Crippen molar-refractivity contribution in [1.29, 1.82) is 0 Å². The molecule has 2 aromatic rings. The van der Waals surface area contributed by atoms with Gasteiger partial charge in [-0.15, -0.1) is 0 Å². The molecule has 1 atom stereocenters. The van der Waals surface area contributed by atoms with Gasteiger partial charge < -0.3 is 20.7 Å².